The van der Waals surface area contributed by atoms with Gasteiger partial charge in [-0.2, -0.15) is 0 Å². The molecule has 0 aromatic heterocycles. The van der Waals surface area contributed by atoms with E-state index in [4.69, 9.17) is 4.74 Å². The molecular formula is C16H22N2O3. The van der Waals surface area contributed by atoms with Gasteiger partial charge in [0.1, 0.15) is 12.4 Å². The minimum absolute atomic E-state index is 0.0338. The van der Waals surface area contributed by atoms with Crippen molar-refractivity contribution in [1.29, 1.82) is 0 Å². The Kier molecular flexibility index (Phi) is 3.87. The van der Waals surface area contributed by atoms with Gasteiger partial charge in [0.05, 0.1) is 12.1 Å². The van der Waals surface area contributed by atoms with E-state index in [-0.39, 0.29) is 23.9 Å². The lowest BCUT2D eigenvalue weighted by Gasteiger charge is -2.43. The first kappa shape index (κ1) is 14.4. The maximum Gasteiger partial charge on any atom is 0.248 e. The van der Waals surface area contributed by atoms with E-state index in [2.05, 4.69) is 12.2 Å². The molecule has 2 aliphatic heterocycles. The van der Waals surface area contributed by atoms with Crippen LogP contribution in [0.15, 0.2) is 24.3 Å². The molecular weight excluding hydrogens is 268 g/mol. The van der Waals surface area contributed by atoms with Crippen LogP contribution >= 0.6 is 0 Å². The Labute approximate surface area is 124 Å². The number of carbonyl (C=O) groups is 1. The monoisotopic (exact) mass is 290 g/mol. The Morgan fingerprint density at radius 1 is 1.43 bits per heavy atom. The summed E-state index contributed by atoms with van der Waals surface area (Å²) in [6.45, 7) is 5.44. The molecule has 2 aliphatic rings. The Bertz CT molecular complexity index is 511. The second-order valence-corrected chi connectivity index (χ2v) is 6.21. The zero-order valence-electron chi connectivity index (χ0n) is 12.3. The van der Waals surface area contributed by atoms with Crippen LogP contribution in [0.25, 0.3) is 0 Å². The molecule has 3 rings (SSSR count). The molecule has 5 nitrogen and oxygen atoms in total. The molecule has 1 amide bonds. The Morgan fingerprint density at radius 3 is 2.86 bits per heavy atom. The summed E-state index contributed by atoms with van der Waals surface area (Å²) < 4.78 is 5.88. The van der Waals surface area contributed by atoms with Crippen molar-refractivity contribution in [2.75, 3.05) is 26.2 Å². The molecule has 2 fully saturated rings. The topological polar surface area (TPSA) is 61.8 Å². The highest BCUT2D eigenvalue weighted by Crippen LogP contribution is 2.31. The summed E-state index contributed by atoms with van der Waals surface area (Å²) in [5.41, 5.74) is 0.754. The van der Waals surface area contributed by atoms with Crippen molar-refractivity contribution in [3.8, 4) is 5.75 Å². The van der Waals surface area contributed by atoms with Gasteiger partial charge in [0.2, 0.25) is 5.91 Å². The summed E-state index contributed by atoms with van der Waals surface area (Å²) in [6, 6.07) is 7.01. The molecule has 2 atom stereocenters. The number of rotatable bonds is 3. The Morgan fingerprint density at radius 2 is 2.19 bits per heavy atom. The molecule has 2 saturated heterocycles. The first-order valence-electron chi connectivity index (χ1n) is 7.47. The molecule has 0 aliphatic carbocycles. The molecule has 1 aromatic rings. The number of ether oxygens (including phenoxy) is 1. The summed E-state index contributed by atoms with van der Waals surface area (Å²) in [5.74, 6) is 0.730. The third-order valence-electron chi connectivity index (χ3n) is 4.62. The van der Waals surface area contributed by atoms with Crippen LogP contribution in [0.2, 0.25) is 0 Å². The lowest BCUT2D eigenvalue weighted by molar-refractivity contribution is -0.169. The summed E-state index contributed by atoms with van der Waals surface area (Å²) in [7, 11) is 0. The molecule has 0 spiro atoms. The van der Waals surface area contributed by atoms with Gasteiger partial charge in [-0.1, -0.05) is 12.1 Å². The van der Waals surface area contributed by atoms with Gasteiger partial charge >= 0.3 is 0 Å². The normalized spacial score (nSPS) is 29.9. The van der Waals surface area contributed by atoms with Crippen LogP contribution in [0.5, 0.6) is 5.75 Å². The highest BCUT2D eigenvalue weighted by Gasteiger charge is 2.43. The maximum atomic E-state index is 12.1. The van der Waals surface area contributed by atoms with Crippen LogP contribution in [-0.4, -0.2) is 47.8 Å². The zero-order chi connectivity index (χ0) is 14.9. The molecule has 2 unspecified atom stereocenters. The van der Waals surface area contributed by atoms with E-state index in [9.17, 15) is 9.90 Å². The maximum absolute atomic E-state index is 12.1. The van der Waals surface area contributed by atoms with Crippen LogP contribution in [0, 0.1) is 5.92 Å². The second kappa shape index (κ2) is 5.66. The average Bonchev–Trinajstić information content (AvgIpc) is 3.01. The summed E-state index contributed by atoms with van der Waals surface area (Å²) in [4.78, 5) is 14.0. The molecule has 0 radical (unpaired) electrons. The van der Waals surface area contributed by atoms with Gasteiger partial charge in [-0.3, -0.25) is 4.79 Å². The van der Waals surface area contributed by atoms with E-state index in [0.29, 0.717) is 19.0 Å². The van der Waals surface area contributed by atoms with E-state index in [1.165, 1.54) is 0 Å². The minimum Gasteiger partial charge on any atom is -0.508 e. The first-order valence-corrected chi connectivity index (χ1v) is 7.47. The third-order valence-corrected chi connectivity index (χ3v) is 4.62. The number of hydrogen-bond acceptors (Lipinski definition) is 4. The van der Waals surface area contributed by atoms with Crippen molar-refractivity contribution in [1.82, 2.24) is 10.2 Å². The fourth-order valence-electron chi connectivity index (χ4n) is 3.22. The van der Waals surface area contributed by atoms with Crippen LogP contribution in [-0.2, 0) is 16.1 Å². The van der Waals surface area contributed by atoms with Gasteiger partial charge in [0.25, 0.3) is 0 Å². The molecule has 1 aromatic carbocycles. The molecule has 2 N–H and O–H groups in total. The third kappa shape index (κ3) is 3.04. The van der Waals surface area contributed by atoms with Crippen LogP contribution in [0.3, 0.4) is 0 Å². The van der Waals surface area contributed by atoms with Crippen LogP contribution in [0.1, 0.15) is 18.9 Å². The lowest BCUT2D eigenvalue weighted by atomic mass is 9.86. The number of morpholine rings is 1. The smallest absolute Gasteiger partial charge is 0.248 e. The van der Waals surface area contributed by atoms with Gasteiger partial charge in [0, 0.05) is 19.0 Å². The number of phenols is 1. The highest BCUT2D eigenvalue weighted by atomic mass is 16.5. The number of carbonyl (C=O) groups excluding carboxylic acids is 1. The van der Waals surface area contributed by atoms with Crippen LogP contribution < -0.4 is 5.32 Å². The van der Waals surface area contributed by atoms with Gasteiger partial charge in [-0.05, 0) is 37.6 Å². The summed E-state index contributed by atoms with van der Waals surface area (Å²) in [5, 5.41) is 12.7. The zero-order valence-corrected chi connectivity index (χ0v) is 12.3. The van der Waals surface area contributed by atoms with Crippen molar-refractivity contribution >= 4 is 5.91 Å². The summed E-state index contributed by atoms with van der Waals surface area (Å²) in [6.07, 6.45) is 1.09. The number of phenolic OH excluding ortho intramolecular Hbond substituents is 1. The van der Waals surface area contributed by atoms with E-state index < -0.39 is 0 Å². The number of nitrogens with one attached hydrogen (secondary N) is 1. The standard InChI is InChI=1S/C16H22N2O3/c1-16(13-6-7-17-8-13)11-18(15(20)10-21-16)9-12-2-4-14(19)5-3-12/h2-5,13,17,19H,6-11H2,1H3. The van der Waals surface area contributed by atoms with Crippen molar-refractivity contribution in [3.63, 3.8) is 0 Å². The fourth-order valence-corrected chi connectivity index (χ4v) is 3.22. The van der Waals surface area contributed by atoms with Gasteiger partial charge < -0.3 is 20.1 Å². The van der Waals surface area contributed by atoms with Crippen molar-refractivity contribution < 1.29 is 14.6 Å². The van der Waals surface area contributed by atoms with E-state index in [1.807, 2.05) is 17.0 Å². The molecule has 0 bridgehead atoms. The van der Waals surface area contributed by atoms with E-state index in [0.717, 1.165) is 25.1 Å². The van der Waals surface area contributed by atoms with E-state index in [1.54, 1.807) is 12.1 Å². The number of nitrogens with zero attached hydrogens (tertiary/aromatic N) is 1. The van der Waals surface area contributed by atoms with Crippen molar-refractivity contribution in [2.24, 2.45) is 5.92 Å². The minimum atomic E-state index is -0.270. The van der Waals surface area contributed by atoms with Crippen molar-refractivity contribution in [2.45, 2.75) is 25.5 Å². The predicted octanol–water partition coefficient (Wildman–Crippen LogP) is 1.12. The molecule has 5 heteroatoms. The van der Waals surface area contributed by atoms with Crippen molar-refractivity contribution in [3.05, 3.63) is 29.8 Å². The largest absolute Gasteiger partial charge is 0.508 e. The number of hydrogen-bond donors (Lipinski definition) is 2. The van der Waals surface area contributed by atoms with Gasteiger partial charge in [0.15, 0.2) is 0 Å². The highest BCUT2D eigenvalue weighted by molar-refractivity contribution is 5.78. The SMILES string of the molecule is CC1(C2CCNC2)CN(Cc2ccc(O)cc2)C(=O)CO1. The quantitative estimate of drug-likeness (QED) is 0.876. The predicted molar refractivity (Wildman–Crippen MR) is 78.9 cm³/mol. The van der Waals surface area contributed by atoms with Crippen LogP contribution in [0.4, 0.5) is 0 Å². The second-order valence-electron chi connectivity index (χ2n) is 6.21. The summed E-state index contributed by atoms with van der Waals surface area (Å²) >= 11 is 0. The van der Waals surface area contributed by atoms with E-state index >= 15 is 0 Å². The molecule has 114 valence electrons. The average molecular weight is 290 g/mol. The fraction of sp³-hybridized carbons (Fsp3) is 0.562. The number of benzene rings is 1. The van der Waals surface area contributed by atoms with Gasteiger partial charge in [-0.15, -0.1) is 0 Å². The van der Waals surface area contributed by atoms with Gasteiger partial charge in [-0.25, -0.2) is 0 Å². The lowest BCUT2D eigenvalue weighted by Crippen LogP contribution is -2.56. The molecule has 2 heterocycles. The molecule has 0 saturated carbocycles. The number of aromatic hydroxyl groups is 1. The Hall–Kier alpha value is -1.59. The number of amides is 1. The molecule has 21 heavy (non-hydrogen) atoms. The Balaban J connectivity index is 1.71. The first-order chi connectivity index (χ1) is 10.1.